The summed E-state index contributed by atoms with van der Waals surface area (Å²) in [5.41, 5.74) is 0.924. The van der Waals surface area contributed by atoms with E-state index in [2.05, 4.69) is 0 Å². The molecule has 2 aromatic carbocycles. The van der Waals surface area contributed by atoms with Crippen LogP contribution in [0.15, 0.2) is 42.2 Å². The standard InChI is InChI=1S/C15H8Cl2O3/c16-11-2-1-3-12(17)10(11)7-14-15(19)9-5-4-8(18)6-13(9)20-14/h1-7,18H/b14-7+. The number of ether oxygens (including phenoxy) is 1. The Hall–Kier alpha value is -1.97. The lowest BCUT2D eigenvalue weighted by molar-refractivity contribution is 0.101. The van der Waals surface area contributed by atoms with Crippen LogP contribution in [0.2, 0.25) is 10.0 Å². The van der Waals surface area contributed by atoms with E-state index in [9.17, 15) is 9.90 Å². The van der Waals surface area contributed by atoms with Crippen molar-refractivity contribution in [2.75, 3.05) is 0 Å². The van der Waals surface area contributed by atoms with E-state index in [1.165, 1.54) is 24.3 Å². The van der Waals surface area contributed by atoms with Gasteiger partial charge in [-0.15, -0.1) is 0 Å². The lowest BCUT2D eigenvalue weighted by Crippen LogP contribution is -1.98. The normalized spacial score (nSPS) is 15.3. The minimum atomic E-state index is -0.268. The Kier molecular flexibility index (Phi) is 3.16. The van der Waals surface area contributed by atoms with Gasteiger partial charge in [0, 0.05) is 21.7 Å². The van der Waals surface area contributed by atoms with E-state index in [0.717, 1.165) is 0 Å². The van der Waals surface area contributed by atoms with Crippen molar-refractivity contribution in [2.24, 2.45) is 0 Å². The SMILES string of the molecule is O=C1/C(=C\c2c(Cl)cccc2Cl)Oc2cc(O)ccc21. The van der Waals surface area contributed by atoms with E-state index >= 15 is 0 Å². The predicted octanol–water partition coefficient (Wildman–Crippen LogP) is 4.32. The maximum absolute atomic E-state index is 12.2. The molecule has 0 aromatic heterocycles. The van der Waals surface area contributed by atoms with Crippen LogP contribution in [0.25, 0.3) is 6.08 Å². The number of carbonyl (C=O) groups is 1. The summed E-state index contributed by atoms with van der Waals surface area (Å²) in [4.78, 5) is 12.2. The number of Topliss-reactive ketones (excluding diaryl/α,β-unsaturated/α-hetero) is 1. The number of carbonyl (C=O) groups excluding carboxylic acids is 1. The Labute approximate surface area is 125 Å². The summed E-state index contributed by atoms with van der Waals surface area (Å²) < 4.78 is 5.45. The van der Waals surface area contributed by atoms with Gasteiger partial charge in [0.15, 0.2) is 5.76 Å². The highest BCUT2D eigenvalue weighted by molar-refractivity contribution is 6.37. The molecule has 0 aliphatic carbocycles. The third-order valence-electron chi connectivity index (χ3n) is 2.93. The third kappa shape index (κ3) is 2.15. The number of allylic oxidation sites excluding steroid dienone is 1. The van der Waals surface area contributed by atoms with Gasteiger partial charge in [0.25, 0.3) is 0 Å². The van der Waals surface area contributed by atoms with E-state index in [1.807, 2.05) is 0 Å². The molecule has 0 atom stereocenters. The van der Waals surface area contributed by atoms with Crippen LogP contribution >= 0.6 is 23.2 Å². The average molecular weight is 307 g/mol. The number of halogens is 2. The second-order valence-electron chi connectivity index (χ2n) is 4.26. The molecule has 100 valence electrons. The fourth-order valence-corrected chi connectivity index (χ4v) is 2.46. The Morgan fingerprint density at radius 2 is 1.80 bits per heavy atom. The molecule has 2 aromatic rings. The summed E-state index contributed by atoms with van der Waals surface area (Å²) in [5.74, 6) is 0.217. The number of phenolic OH excluding ortho intramolecular Hbond substituents is 1. The van der Waals surface area contributed by atoms with E-state index in [1.54, 1.807) is 18.2 Å². The van der Waals surface area contributed by atoms with Crippen LogP contribution in [-0.4, -0.2) is 10.9 Å². The van der Waals surface area contributed by atoms with Gasteiger partial charge >= 0.3 is 0 Å². The Bertz CT molecular complexity index is 731. The maximum Gasteiger partial charge on any atom is 0.231 e. The summed E-state index contributed by atoms with van der Waals surface area (Å²) in [6.07, 6.45) is 1.50. The zero-order valence-corrected chi connectivity index (χ0v) is 11.6. The van der Waals surface area contributed by atoms with E-state index in [4.69, 9.17) is 27.9 Å². The molecule has 0 amide bonds. The molecule has 1 heterocycles. The van der Waals surface area contributed by atoms with Gasteiger partial charge in [-0.3, -0.25) is 4.79 Å². The number of hydrogen-bond donors (Lipinski definition) is 1. The van der Waals surface area contributed by atoms with Crippen LogP contribution in [0.1, 0.15) is 15.9 Å². The highest BCUT2D eigenvalue weighted by atomic mass is 35.5. The number of benzene rings is 2. The fraction of sp³-hybridized carbons (Fsp3) is 0. The first-order valence-corrected chi connectivity index (χ1v) is 6.53. The van der Waals surface area contributed by atoms with Crippen molar-refractivity contribution in [2.45, 2.75) is 0 Å². The molecule has 3 rings (SSSR count). The largest absolute Gasteiger partial charge is 0.508 e. The second-order valence-corrected chi connectivity index (χ2v) is 5.07. The summed E-state index contributed by atoms with van der Waals surface area (Å²) >= 11 is 12.1. The summed E-state index contributed by atoms with van der Waals surface area (Å²) in [7, 11) is 0. The van der Waals surface area contributed by atoms with E-state index in [0.29, 0.717) is 26.9 Å². The Morgan fingerprint density at radius 1 is 1.10 bits per heavy atom. The van der Waals surface area contributed by atoms with Crippen molar-refractivity contribution >= 4 is 35.1 Å². The zero-order valence-electron chi connectivity index (χ0n) is 10.1. The number of rotatable bonds is 1. The van der Waals surface area contributed by atoms with Gasteiger partial charge < -0.3 is 9.84 Å². The maximum atomic E-state index is 12.2. The van der Waals surface area contributed by atoms with Gasteiger partial charge in [0.2, 0.25) is 5.78 Å². The molecule has 20 heavy (non-hydrogen) atoms. The number of ketones is 1. The average Bonchev–Trinajstić information content (AvgIpc) is 2.70. The minimum Gasteiger partial charge on any atom is -0.508 e. The topological polar surface area (TPSA) is 46.5 Å². The predicted molar refractivity (Wildman–Crippen MR) is 77.5 cm³/mol. The highest BCUT2D eigenvalue weighted by Gasteiger charge is 2.27. The molecule has 3 nitrogen and oxygen atoms in total. The van der Waals surface area contributed by atoms with Crippen molar-refractivity contribution in [1.82, 2.24) is 0 Å². The van der Waals surface area contributed by atoms with Gasteiger partial charge in [0.1, 0.15) is 11.5 Å². The van der Waals surface area contributed by atoms with E-state index in [-0.39, 0.29) is 17.3 Å². The molecule has 0 fully saturated rings. The first-order chi connectivity index (χ1) is 9.56. The third-order valence-corrected chi connectivity index (χ3v) is 3.59. The van der Waals surface area contributed by atoms with Crippen molar-refractivity contribution < 1.29 is 14.6 Å². The molecular weight excluding hydrogens is 299 g/mol. The number of phenols is 1. The van der Waals surface area contributed by atoms with Crippen LogP contribution in [0, 0.1) is 0 Å². The highest BCUT2D eigenvalue weighted by Crippen LogP contribution is 2.36. The first kappa shape index (κ1) is 13.0. The molecule has 0 bridgehead atoms. The van der Waals surface area contributed by atoms with Crippen LogP contribution in [-0.2, 0) is 0 Å². The van der Waals surface area contributed by atoms with Gasteiger partial charge in [-0.1, -0.05) is 29.3 Å². The van der Waals surface area contributed by atoms with Gasteiger partial charge in [-0.25, -0.2) is 0 Å². The fourth-order valence-electron chi connectivity index (χ4n) is 1.96. The quantitative estimate of drug-likeness (QED) is 0.798. The monoisotopic (exact) mass is 306 g/mol. The molecule has 1 N–H and O–H groups in total. The van der Waals surface area contributed by atoms with Crippen LogP contribution < -0.4 is 4.74 Å². The molecule has 0 saturated heterocycles. The molecule has 0 spiro atoms. The number of fused-ring (bicyclic) bond motifs is 1. The molecular formula is C15H8Cl2O3. The molecule has 0 radical (unpaired) electrons. The van der Waals surface area contributed by atoms with Crippen LogP contribution in [0.5, 0.6) is 11.5 Å². The van der Waals surface area contributed by atoms with Gasteiger partial charge in [0.05, 0.1) is 5.56 Å². The molecule has 0 unspecified atom stereocenters. The molecule has 1 aliphatic heterocycles. The van der Waals surface area contributed by atoms with Gasteiger partial charge in [-0.05, 0) is 30.3 Å². The number of hydrogen-bond acceptors (Lipinski definition) is 3. The smallest absolute Gasteiger partial charge is 0.231 e. The van der Waals surface area contributed by atoms with E-state index < -0.39 is 0 Å². The van der Waals surface area contributed by atoms with Gasteiger partial charge in [-0.2, -0.15) is 0 Å². The summed E-state index contributed by atoms with van der Waals surface area (Å²) in [6, 6.07) is 9.42. The Balaban J connectivity index is 2.06. The lowest BCUT2D eigenvalue weighted by Gasteiger charge is -2.03. The van der Waals surface area contributed by atoms with Crippen LogP contribution in [0.4, 0.5) is 0 Å². The Morgan fingerprint density at radius 3 is 2.50 bits per heavy atom. The minimum absolute atomic E-state index is 0.0357. The summed E-state index contributed by atoms with van der Waals surface area (Å²) in [6.45, 7) is 0. The molecule has 5 heteroatoms. The summed E-state index contributed by atoms with van der Waals surface area (Å²) in [5, 5.41) is 10.3. The number of aromatic hydroxyl groups is 1. The van der Waals surface area contributed by atoms with Crippen molar-refractivity contribution in [1.29, 1.82) is 0 Å². The van der Waals surface area contributed by atoms with Crippen molar-refractivity contribution in [3.63, 3.8) is 0 Å². The molecule has 1 aliphatic rings. The molecule has 0 saturated carbocycles. The lowest BCUT2D eigenvalue weighted by atomic mass is 10.1. The second kappa shape index (κ2) is 4.85. The van der Waals surface area contributed by atoms with Crippen LogP contribution in [0.3, 0.4) is 0 Å². The van der Waals surface area contributed by atoms with Crippen molar-refractivity contribution in [3.05, 3.63) is 63.3 Å². The van der Waals surface area contributed by atoms with Crippen molar-refractivity contribution in [3.8, 4) is 11.5 Å². The zero-order chi connectivity index (χ0) is 14.3. The first-order valence-electron chi connectivity index (χ1n) is 5.77.